The molecule has 0 unspecified atom stereocenters. The smallest absolute Gasteiger partial charge is 0.242 e. The van der Waals surface area contributed by atoms with Crippen molar-refractivity contribution in [1.82, 2.24) is 4.90 Å². The standard InChI is InChI=1S/C16H22N2O4/c1-11(2)16-14(18(20)21)10-15(19)17(16)8-7-12-5-4-6-13(9-12)22-3/h4-6,9,11,14,16H,7-8,10H2,1-3H3/t14-,16+/m0/s1. The van der Waals surface area contributed by atoms with Gasteiger partial charge in [0.2, 0.25) is 11.9 Å². The molecule has 0 aromatic heterocycles. The van der Waals surface area contributed by atoms with Crippen LogP contribution in [0.3, 0.4) is 0 Å². The van der Waals surface area contributed by atoms with Crippen LogP contribution in [0.15, 0.2) is 24.3 Å². The Morgan fingerprint density at radius 3 is 2.77 bits per heavy atom. The van der Waals surface area contributed by atoms with Crippen LogP contribution in [0.5, 0.6) is 5.75 Å². The van der Waals surface area contributed by atoms with Crippen molar-refractivity contribution >= 4 is 5.91 Å². The van der Waals surface area contributed by atoms with E-state index in [1.807, 2.05) is 38.1 Å². The lowest BCUT2D eigenvalue weighted by Gasteiger charge is -2.28. The first-order valence-corrected chi connectivity index (χ1v) is 7.50. The van der Waals surface area contributed by atoms with Crippen LogP contribution in [0, 0.1) is 16.0 Å². The molecular formula is C16H22N2O4. The minimum Gasteiger partial charge on any atom is -0.497 e. The lowest BCUT2D eigenvalue weighted by Crippen LogP contribution is -2.44. The van der Waals surface area contributed by atoms with Gasteiger partial charge in [-0.15, -0.1) is 0 Å². The number of carbonyl (C=O) groups is 1. The van der Waals surface area contributed by atoms with Crippen molar-refractivity contribution in [2.75, 3.05) is 13.7 Å². The number of nitrogens with zero attached hydrogens (tertiary/aromatic N) is 2. The summed E-state index contributed by atoms with van der Waals surface area (Å²) in [6, 6.07) is 6.55. The summed E-state index contributed by atoms with van der Waals surface area (Å²) in [5.74, 6) is 0.712. The van der Waals surface area contributed by atoms with Crippen LogP contribution in [-0.4, -0.2) is 41.5 Å². The van der Waals surface area contributed by atoms with Crippen LogP contribution in [0.4, 0.5) is 0 Å². The van der Waals surface area contributed by atoms with Crippen LogP contribution in [0.2, 0.25) is 0 Å². The zero-order valence-electron chi connectivity index (χ0n) is 13.2. The fourth-order valence-electron chi connectivity index (χ4n) is 3.15. The molecule has 1 aromatic rings. The van der Waals surface area contributed by atoms with Gasteiger partial charge in [-0.2, -0.15) is 0 Å². The van der Waals surface area contributed by atoms with Crippen molar-refractivity contribution < 1.29 is 14.5 Å². The molecule has 1 saturated heterocycles. The molecule has 6 nitrogen and oxygen atoms in total. The number of hydrogen-bond donors (Lipinski definition) is 0. The Kier molecular flexibility index (Phi) is 5.00. The Bertz CT molecular complexity index is 559. The summed E-state index contributed by atoms with van der Waals surface area (Å²) in [6.07, 6.45) is 0.671. The highest BCUT2D eigenvalue weighted by Gasteiger charge is 2.48. The lowest BCUT2D eigenvalue weighted by molar-refractivity contribution is -0.525. The quantitative estimate of drug-likeness (QED) is 0.596. The first-order valence-electron chi connectivity index (χ1n) is 7.50. The van der Waals surface area contributed by atoms with Gasteiger partial charge in [-0.05, 0) is 30.0 Å². The number of hydrogen-bond acceptors (Lipinski definition) is 4. The van der Waals surface area contributed by atoms with Crippen molar-refractivity contribution in [2.45, 2.75) is 38.8 Å². The van der Waals surface area contributed by atoms with E-state index in [2.05, 4.69) is 0 Å². The summed E-state index contributed by atoms with van der Waals surface area (Å²) in [6.45, 7) is 4.36. The van der Waals surface area contributed by atoms with Gasteiger partial charge in [-0.25, -0.2) is 0 Å². The Morgan fingerprint density at radius 1 is 1.45 bits per heavy atom. The minimum absolute atomic E-state index is 0.00789. The van der Waals surface area contributed by atoms with Gasteiger partial charge in [0, 0.05) is 11.5 Å². The van der Waals surface area contributed by atoms with Crippen molar-refractivity contribution in [3.63, 3.8) is 0 Å². The SMILES string of the molecule is COc1cccc(CCN2C(=O)C[C@H]([N+](=O)[O-])[C@H]2C(C)C)c1. The molecule has 2 atom stereocenters. The number of nitro groups is 1. The Labute approximate surface area is 130 Å². The number of amides is 1. The predicted octanol–water partition coefficient (Wildman–Crippen LogP) is 2.14. The molecule has 0 bridgehead atoms. The third kappa shape index (κ3) is 3.37. The highest BCUT2D eigenvalue weighted by molar-refractivity contribution is 5.79. The van der Waals surface area contributed by atoms with E-state index in [1.165, 1.54) is 0 Å². The molecule has 120 valence electrons. The van der Waals surface area contributed by atoms with E-state index in [1.54, 1.807) is 12.0 Å². The molecule has 1 amide bonds. The molecule has 22 heavy (non-hydrogen) atoms. The second kappa shape index (κ2) is 6.77. The van der Waals surface area contributed by atoms with Gasteiger partial charge in [0.25, 0.3) is 0 Å². The highest BCUT2D eigenvalue weighted by atomic mass is 16.6. The number of rotatable bonds is 6. The van der Waals surface area contributed by atoms with E-state index >= 15 is 0 Å². The average molecular weight is 306 g/mol. The molecule has 1 aliphatic heterocycles. The van der Waals surface area contributed by atoms with Gasteiger partial charge in [-0.1, -0.05) is 26.0 Å². The normalized spacial score (nSPS) is 21.5. The molecule has 0 aliphatic carbocycles. The zero-order valence-corrected chi connectivity index (χ0v) is 13.2. The van der Waals surface area contributed by atoms with Crippen LogP contribution < -0.4 is 4.74 Å². The van der Waals surface area contributed by atoms with Gasteiger partial charge in [0.1, 0.15) is 11.8 Å². The Morgan fingerprint density at radius 2 is 2.18 bits per heavy atom. The molecule has 1 aliphatic rings. The second-order valence-corrected chi connectivity index (χ2v) is 5.98. The van der Waals surface area contributed by atoms with E-state index in [0.29, 0.717) is 13.0 Å². The molecule has 1 heterocycles. The summed E-state index contributed by atoms with van der Waals surface area (Å²) < 4.78 is 5.19. The minimum atomic E-state index is -0.794. The maximum atomic E-state index is 12.1. The monoisotopic (exact) mass is 306 g/mol. The van der Waals surface area contributed by atoms with Crippen LogP contribution in [0.1, 0.15) is 25.8 Å². The van der Waals surface area contributed by atoms with Crippen LogP contribution >= 0.6 is 0 Å². The summed E-state index contributed by atoms with van der Waals surface area (Å²) in [7, 11) is 1.61. The molecule has 0 spiro atoms. The number of carbonyl (C=O) groups excluding carboxylic acids is 1. The van der Waals surface area contributed by atoms with Crippen molar-refractivity contribution in [3.05, 3.63) is 39.9 Å². The van der Waals surface area contributed by atoms with E-state index in [0.717, 1.165) is 11.3 Å². The van der Waals surface area contributed by atoms with Crippen molar-refractivity contribution in [1.29, 1.82) is 0 Å². The number of benzene rings is 1. The summed E-state index contributed by atoms with van der Waals surface area (Å²) in [5.41, 5.74) is 1.05. The van der Waals surface area contributed by atoms with Gasteiger partial charge in [-0.3, -0.25) is 14.9 Å². The topological polar surface area (TPSA) is 72.7 Å². The molecule has 6 heteroatoms. The van der Waals surface area contributed by atoms with E-state index in [-0.39, 0.29) is 29.2 Å². The third-order valence-electron chi connectivity index (χ3n) is 4.19. The lowest BCUT2D eigenvalue weighted by atomic mass is 9.97. The van der Waals surface area contributed by atoms with Crippen LogP contribution in [0.25, 0.3) is 0 Å². The average Bonchev–Trinajstić information content (AvgIpc) is 2.82. The number of ether oxygens (including phenoxy) is 1. The number of methoxy groups -OCH3 is 1. The van der Waals surface area contributed by atoms with E-state index in [4.69, 9.17) is 4.74 Å². The first-order chi connectivity index (χ1) is 10.4. The molecule has 0 saturated carbocycles. The van der Waals surface area contributed by atoms with Crippen molar-refractivity contribution in [2.24, 2.45) is 5.92 Å². The molecule has 1 aromatic carbocycles. The van der Waals surface area contributed by atoms with Crippen LogP contribution in [-0.2, 0) is 11.2 Å². The first kappa shape index (κ1) is 16.3. The molecule has 2 rings (SSSR count). The summed E-state index contributed by atoms with van der Waals surface area (Å²) in [5, 5.41) is 11.2. The molecule has 0 radical (unpaired) electrons. The van der Waals surface area contributed by atoms with Gasteiger partial charge >= 0.3 is 0 Å². The van der Waals surface area contributed by atoms with Gasteiger partial charge in [0.05, 0.1) is 13.5 Å². The number of likely N-dealkylation sites (tertiary alicyclic amines) is 1. The van der Waals surface area contributed by atoms with E-state index < -0.39 is 6.04 Å². The van der Waals surface area contributed by atoms with Gasteiger partial charge < -0.3 is 9.64 Å². The fraction of sp³-hybridized carbons (Fsp3) is 0.562. The Hall–Kier alpha value is -2.11. The maximum absolute atomic E-state index is 12.1. The summed E-state index contributed by atoms with van der Waals surface area (Å²) in [4.78, 5) is 24.7. The second-order valence-electron chi connectivity index (χ2n) is 5.98. The van der Waals surface area contributed by atoms with E-state index in [9.17, 15) is 14.9 Å². The Balaban J connectivity index is 2.09. The van der Waals surface area contributed by atoms with Gasteiger partial charge in [0.15, 0.2) is 0 Å². The molecule has 1 fully saturated rings. The fourth-order valence-corrected chi connectivity index (χ4v) is 3.15. The summed E-state index contributed by atoms with van der Waals surface area (Å²) >= 11 is 0. The highest BCUT2D eigenvalue weighted by Crippen LogP contribution is 2.28. The van der Waals surface area contributed by atoms with Crippen molar-refractivity contribution in [3.8, 4) is 5.75 Å². The molecule has 0 N–H and O–H groups in total. The third-order valence-corrected chi connectivity index (χ3v) is 4.19. The zero-order chi connectivity index (χ0) is 16.3. The maximum Gasteiger partial charge on any atom is 0.242 e. The molecular weight excluding hydrogens is 284 g/mol. The predicted molar refractivity (Wildman–Crippen MR) is 82.4 cm³/mol. The largest absolute Gasteiger partial charge is 0.497 e.